The van der Waals surface area contributed by atoms with E-state index < -0.39 is 0 Å². The van der Waals surface area contributed by atoms with Crippen molar-refractivity contribution in [2.45, 2.75) is 13.0 Å². The van der Waals surface area contributed by atoms with Crippen molar-refractivity contribution in [1.82, 2.24) is 15.1 Å². The van der Waals surface area contributed by atoms with E-state index in [1.165, 1.54) is 23.4 Å². The van der Waals surface area contributed by atoms with Crippen LogP contribution >= 0.6 is 0 Å². The molecule has 1 aromatic heterocycles. The van der Waals surface area contributed by atoms with Gasteiger partial charge in [0.05, 0.1) is 24.2 Å². The normalized spacial score (nSPS) is 13.6. The second-order valence-corrected chi connectivity index (χ2v) is 5.82. The smallest absolute Gasteiger partial charge is 0.123 e. The Kier molecular flexibility index (Phi) is 3.78. The highest BCUT2D eigenvalue weighted by Gasteiger charge is 2.22. The topological polar surface area (TPSA) is 39.1 Å². The third-order valence-electron chi connectivity index (χ3n) is 4.34. The highest BCUT2D eigenvalue weighted by Crippen LogP contribution is 2.31. The molecule has 0 bridgehead atoms. The number of benzene rings is 2. The minimum Gasteiger partial charge on any atom is -0.497 e. The molecule has 4 rings (SSSR count). The molecule has 0 saturated carbocycles. The van der Waals surface area contributed by atoms with E-state index in [0.717, 1.165) is 42.2 Å². The summed E-state index contributed by atoms with van der Waals surface area (Å²) in [6.45, 7) is 1.69. The van der Waals surface area contributed by atoms with Gasteiger partial charge in [-0.25, -0.2) is 9.07 Å². The fraction of sp³-hybridized carbons (Fsp3) is 0.211. The summed E-state index contributed by atoms with van der Waals surface area (Å²) in [4.78, 5) is 0. The Morgan fingerprint density at radius 1 is 1.17 bits per heavy atom. The molecular weight excluding hydrogens is 305 g/mol. The zero-order valence-electron chi connectivity index (χ0n) is 13.4. The molecule has 1 aliphatic heterocycles. The third kappa shape index (κ3) is 2.57. The van der Waals surface area contributed by atoms with E-state index in [9.17, 15) is 4.39 Å². The molecule has 1 N–H and O–H groups in total. The van der Waals surface area contributed by atoms with Crippen molar-refractivity contribution in [3.63, 3.8) is 0 Å². The second-order valence-electron chi connectivity index (χ2n) is 5.82. The van der Waals surface area contributed by atoms with Crippen LogP contribution in [-0.2, 0) is 13.0 Å². The van der Waals surface area contributed by atoms with Gasteiger partial charge in [-0.05, 0) is 36.4 Å². The molecule has 0 atom stereocenters. The molecule has 5 heteroatoms. The van der Waals surface area contributed by atoms with Crippen LogP contribution < -0.4 is 10.1 Å². The van der Waals surface area contributed by atoms with Crippen LogP contribution in [0.1, 0.15) is 11.3 Å². The number of hydrogen-bond donors (Lipinski definition) is 1. The van der Waals surface area contributed by atoms with Crippen LogP contribution in [0.2, 0.25) is 0 Å². The molecule has 122 valence electrons. The van der Waals surface area contributed by atoms with Gasteiger partial charge in [-0.1, -0.05) is 12.1 Å². The number of nitrogens with zero attached hydrogens (tertiary/aromatic N) is 2. The fourth-order valence-corrected chi connectivity index (χ4v) is 3.15. The van der Waals surface area contributed by atoms with Crippen LogP contribution in [0.3, 0.4) is 0 Å². The van der Waals surface area contributed by atoms with Crippen molar-refractivity contribution in [2.75, 3.05) is 13.7 Å². The quantitative estimate of drug-likeness (QED) is 0.803. The molecule has 2 heterocycles. The van der Waals surface area contributed by atoms with E-state index >= 15 is 0 Å². The van der Waals surface area contributed by atoms with Crippen molar-refractivity contribution in [2.24, 2.45) is 0 Å². The van der Waals surface area contributed by atoms with Gasteiger partial charge in [0.2, 0.25) is 0 Å². The number of ether oxygens (including phenoxy) is 1. The van der Waals surface area contributed by atoms with Crippen LogP contribution in [0.4, 0.5) is 4.39 Å². The van der Waals surface area contributed by atoms with Crippen LogP contribution in [0.5, 0.6) is 5.75 Å². The summed E-state index contributed by atoms with van der Waals surface area (Å²) in [5, 5.41) is 8.25. The van der Waals surface area contributed by atoms with Gasteiger partial charge in [0.1, 0.15) is 11.6 Å². The van der Waals surface area contributed by atoms with Crippen molar-refractivity contribution in [3.8, 4) is 22.7 Å². The van der Waals surface area contributed by atoms with Gasteiger partial charge in [-0.3, -0.25) is 0 Å². The first-order valence-corrected chi connectivity index (χ1v) is 7.98. The number of hydrogen-bond acceptors (Lipinski definition) is 3. The zero-order valence-corrected chi connectivity index (χ0v) is 13.4. The van der Waals surface area contributed by atoms with Crippen LogP contribution in [0.15, 0.2) is 48.5 Å². The lowest BCUT2D eigenvalue weighted by atomic mass is 10.0. The molecule has 0 radical (unpaired) electrons. The minimum atomic E-state index is -0.241. The molecule has 0 spiro atoms. The van der Waals surface area contributed by atoms with Gasteiger partial charge in [0.15, 0.2) is 0 Å². The highest BCUT2D eigenvalue weighted by atomic mass is 19.1. The zero-order chi connectivity index (χ0) is 16.5. The van der Waals surface area contributed by atoms with Gasteiger partial charge in [-0.2, -0.15) is 5.10 Å². The Hall–Kier alpha value is -2.66. The van der Waals surface area contributed by atoms with Crippen molar-refractivity contribution < 1.29 is 9.13 Å². The van der Waals surface area contributed by atoms with Gasteiger partial charge < -0.3 is 10.1 Å². The summed E-state index contributed by atoms with van der Waals surface area (Å²) in [7, 11) is 1.66. The highest BCUT2D eigenvalue weighted by molar-refractivity contribution is 5.67. The van der Waals surface area contributed by atoms with Crippen molar-refractivity contribution in [1.29, 1.82) is 0 Å². The van der Waals surface area contributed by atoms with Gasteiger partial charge in [0.25, 0.3) is 0 Å². The number of halogens is 1. The Bertz CT molecular complexity index is 871. The molecule has 4 nitrogen and oxygen atoms in total. The van der Waals surface area contributed by atoms with E-state index in [1.54, 1.807) is 19.2 Å². The number of fused-ring (bicyclic) bond motifs is 1. The maximum Gasteiger partial charge on any atom is 0.123 e. The maximum absolute atomic E-state index is 13.2. The largest absolute Gasteiger partial charge is 0.497 e. The molecule has 1 aliphatic rings. The average molecular weight is 323 g/mol. The lowest BCUT2D eigenvalue weighted by Crippen LogP contribution is -2.24. The molecule has 24 heavy (non-hydrogen) atoms. The lowest BCUT2D eigenvalue weighted by Gasteiger charge is -2.15. The number of methoxy groups -OCH3 is 1. The van der Waals surface area contributed by atoms with E-state index in [0.29, 0.717) is 0 Å². The molecule has 3 aromatic rings. The summed E-state index contributed by atoms with van der Waals surface area (Å²) in [5.41, 5.74) is 5.22. The first-order chi connectivity index (χ1) is 11.8. The molecule has 0 fully saturated rings. The second kappa shape index (κ2) is 6.09. The van der Waals surface area contributed by atoms with Crippen LogP contribution in [0, 0.1) is 5.82 Å². The Labute approximate surface area is 139 Å². The van der Waals surface area contributed by atoms with E-state index in [1.807, 2.05) is 28.9 Å². The monoisotopic (exact) mass is 323 g/mol. The van der Waals surface area contributed by atoms with Crippen LogP contribution in [-0.4, -0.2) is 23.4 Å². The summed E-state index contributed by atoms with van der Waals surface area (Å²) in [6.07, 6.45) is 0.893. The van der Waals surface area contributed by atoms with Crippen molar-refractivity contribution >= 4 is 0 Å². The summed E-state index contributed by atoms with van der Waals surface area (Å²) in [5.74, 6) is 0.566. The first-order valence-electron chi connectivity index (χ1n) is 7.98. The maximum atomic E-state index is 13.2. The average Bonchev–Trinajstić information content (AvgIpc) is 3.02. The molecule has 0 unspecified atom stereocenters. The van der Waals surface area contributed by atoms with Gasteiger partial charge in [0, 0.05) is 30.6 Å². The molecule has 0 saturated heterocycles. The fourth-order valence-electron chi connectivity index (χ4n) is 3.15. The van der Waals surface area contributed by atoms with Gasteiger partial charge >= 0.3 is 0 Å². The minimum absolute atomic E-state index is 0.241. The predicted octanol–water partition coefficient (Wildman–Crippen LogP) is 3.33. The first kappa shape index (κ1) is 14.9. The molecule has 2 aromatic carbocycles. The summed E-state index contributed by atoms with van der Waals surface area (Å²) < 4.78 is 20.5. The van der Waals surface area contributed by atoms with E-state index in [4.69, 9.17) is 9.84 Å². The molecular formula is C19H18FN3O. The number of aromatic nitrogens is 2. The third-order valence-corrected chi connectivity index (χ3v) is 4.34. The van der Waals surface area contributed by atoms with E-state index in [-0.39, 0.29) is 5.82 Å². The summed E-state index contributed by atoms with van der Waals surface area (Å²) >= 11 is 0. The van der Waals surface area contributed by atoms with Gasteiger partial charge in [-0.15, -0.1) is 0 Å². The van der Waals surface area contributed by atoms with Crippen LogP contribution in [0.25, 0.3) is 16.9 Å². The lowest BCUT2D eigenvalue weighted by molar-refractivity contribution is 0.415. The Morgan fingerprint density at radius 2 is 2.00 bits per heavy atom. The van der Waals surface area contributed by atoms with Crippen molar-refractivity contribution in [3.05, 3.63) is 65.6 Å². The Morgan fingerprint density at radius 3 is 2.79 bits per heavy atom. The number of rotatable bonds is 3. The van der Waals surface area contributed by atoms with E-state index in [2.05, 4.69) is 5.32 Å². The number of nitrogens with one attached hydrogen (secondary N) is 1. The SMILES string of the molecule is COc1cccc(-c2nn(-c3ccc(F)cc3)c3c2CNCC3)c1. The standard InChI is InChI=1S/C19H18FN3O/c1-24-16-4-2-3-13(11-16)19-17-12-21-10-9-18(17)23(22-19)15-7-5-14(20)6-8-15/h2-8,11,21H,9-10,12H2,1H3. The predicted molar refractivity (Wildman–Crippen MR) is 90.9 cm³/mol. The molecule has 0 amide bonds. The summed E-state index contributed by atoms with van der Waals surface area (Å²) in [6, 6.07) is 14.4. The molecule has 0 aliphatic carbocycles. The Balaban J connectivity index is 1.87.